The Morgan fingerprint density at radius 3 is 2.22 bits per heavy atom. The van der Waals surface area contributed by atoms with Gasteiger partial charge in [-0.05, 0) is 61.2 Å². The van der Waals surface area contributed by atoms with Crippen molar-refractivity contribution in [1.29, 1.82) is 0 Å². The Balaban J connectivity index is 1.54. The largest absolute Gasteiger partial charge is 0.289 e. The fourth-order valence-electron chi connectivity index (χ4n) is 4.06. The molecule has 2 heterocycles. The molecule has 0 spiro atoms. The highest BCUT2D eigenvalue weighted by molar-refractivity contribution is 7.89. The molecule has 1 aliphatic rings. The molecule has 0 N–H and O–H groups in total. The van der Waals surface area contributed by atoms with E-state index < -0.39 is 10.0 Å². The van der Waals surface area contributed by atoms with E-state index in [0.29, 0.717) is 42.2 Å². The van der Waals surface area contributed by atoms with E-state index in [4.69, 9.17) is 0 Å². The summed E-state index contributed by atoms with van der Waals surface area (Å²) in [4.78, 5) is 19.8. The molecule has 7 heteroatoms. The summed E-state index contributed by atoms with van der Waals surface area (Å²) in [5.41, 5.74) is 1.69. The van der Waals surface area contributed by atoms with Gasteiger partial charge in [0.2, 0.25) is 10.0 Å². The number of aryl methyl sites for hydroxylation is 1. The van der Waals surface area contributed by atoms with Crippen molar-refractivity contribution < 1.29 is 13.2 Å². The Labute approximate surface area is 189 Å². The van der Waals surface area contributed by atoms with Crippen LogP contribution in [0.3, 0.4) is 0 Å². The zero-order chi connectivity index (χ0) is 22.6. The number of amides is 1. The number of rotatable bonds is 6. The van der Waals surface area contributed by atoms with Crippen LogP contribution >= 0.6 is 0 Å². The minimum Gasteiger partial charge on any atom is -0.289 e. The van der Waals surface area contributed by atoms with Gasteiger partial charge in [0.25, 0.3) is 5.91 Å². The van der Waals surface area contributed by atoms with E-state index in [1.807, 2.05) is 55.5 Å². The number of nitrogens with zero attached hydrogens (tertiary/aromatic N) is 3. The van der Waals surface area contributed by atoms with E-state index in [2.05, 4.69) is 4.98 Å². The average molecular weight is 450 g/mol. The van der Waals surface area contributed by atoms with Crippen LogP contribution in [0.1, 0.15) is 35.7 Å². The van der Waals surface area contributed by atoms with Gasteiger partial charge in [-0.25, -0.2) is 13.4 Å². The van der Waals surface area contributed by atoms with Crippen LogP contribution < -0.4 is 4.90 Å². The van der Waals surface area contributed by atoms with Gasteiger partial charge in [-0.1, -0.05) is 43.3 Å². The summed E-state index contributed by atoms with van der Waals surface area (Å²) in [6.07, 6.45) is 3.62. The number of aromatic nitrogens is 1. The van der Waals surface area contributed by atoms with Gasteiger partial charge in [0.05, 0.1) is 4.90 Å². The van der Waals surface area contributed by atoms with E-state index in [9.17, 15) is 13.2 Å². The smallest absolute Gasteiger partial charge is 0.259 e. The first-order valence-electron chi connectivity index (χ1n) is 10.9. The molecule has 1 saturated heterocycles. The molecule has 0 atom stereocenters. The minimum absolute atomic E-state index is 0.124. The molecule has 2 aromatic carbocycles. The molecule has 0 aliphatic carbocycles. The molecule has 0 saturated carbocycles. The molecule has 6 nitrogen and oxygen atoms in total. The molecule has 166 valence electrons. The summed E-state index contributed by atoms with van der Waals surface area (Å²) < 4.78 is 27.8. The van der Waals surface area contributed by atoms with E-state index in [1.165, 1.54) is 4.31 Å². The van der Waals surface area contributed by atoms with Crippen molar-refractivity contribution in [1.82, 2.24) is 9.29 Å². The number of hydrogen-bond donors (Lipinski definition) is 0. The quantitative estimate of drug-likeness (QED) is 0.567. The van der Waals surface area contributed by atoms with Crippen molar-refractivity contribution in [2.24, 2.45) is 0 Å². The van der Waals surface area contributed by atoms with Gasteiger partial charge in [-0.2, -0.15) is 4.31 Å². The topological polar surface area (TPSA) is 70.6 Å². The second kappa shape index (κ2) is 9.63. The average Bonchev–Trinajstić information content (AvgIpc) is 2.86. The maximum Gasteiger partial charge on any atom is 0.259 e. The normalized spacial score (nSPS) is 15.4. The lowest BCUT2D eigenvalue weighted by molar-refractivity contribution is 0.0967. The highest BCUT2D eigenvalue weighted by Crippen LogP contribution is 2.27. The fourth-order valence-corrected chi connectivity index (χ4v) is 5.53. The molecule has 0 radical (unpaired) electrons. The summed E-state index contributed by atoms with van der Waals surface area (Å²) in [5, 5.41) is 0. The van der Waals surface area contributed by atoms with Gasteiger partial charge < -0.3 is 0 Å². The minimum atomic E-state index is -3.56. The fraction of sp³-hybridized carbons (Fsp3) is 0.280. The number of carbonyl (C=O) groups excluding carboxylic acids is 1. The van der Waals surface area contributed by atoms with Crippen molar-refractivity contribution >= 4 is 21.7 Å². The Morgan fingerprint density at radius 2 is 1.62 bits per heavy atom. The van der Waals surface area contributed by atoms with Crippen molar-refractivity contribution in [3.8, 4) is 0 Å². The molecule has 3 aromatic rings. The second-order valence-electron chi connectivity index (χ2n) is 7.86. The second-order valence-corrected chi connectivity index (χ2v) is 9.80. The first kappa shape index (κ1) is 22.2. The molecule has 1 aliphatic heterocycles. The van der Waals surface area contributed by atoms with Crippen LogP contribution in [-0.4, -0.2) is 42.7 Å². The van der Waals surface area contributed by atoms with Crippen LogP contribution in [-0.2, 0) is 16.4 Å². The van der Waals surface area contributed by atoms with Gasteiger partial charge in [-0.15, -0.1) is 0 Å². The third-order valence-electron chi connectivity index (χ3n) is 5.89. The highest BCUT2D eigenvalue weighted by Gasteiger charge is 2.34. The first-order valence-corrected chi connectivity index (χ1v) is 12.3. The summed E-state index contributed by atoms with van der Waals surface area (Å²) in [7, 11) is -3.56. The number of pyridine rings is 1. The van der Waals surface area contributed by atoms with Crippen molar-refractivity contribution in [2.45, 2.75) is 37.1 Å². The van der Waals surface area contributed by atoms with Crippen molar-refractivity contribution in [3.05, 3.63) is 90.1 Å². The summed E-state index contributed by atoms with van der Waals surface area (Å²) in [6, 6.07) is 21.6. The van der Waals surface area contributed by atoms with Gasteiger partial charge in [0.15, 0.2) is 0 Å². The lowest BCUT2D eigenvalue weighted by atomic mass is 10.0. The molecule has 32 heavy (non-hydrogen) atoms. The van der Waals surface area contributed by atoms with Gasteiger partial charge in [-0.3, -0.25) is 9.69 Å². The highest BCUT2D eigenvalue weighted by atomic mass is 32.2. The Hall–Kier alpha value is -3.03. The molecular weight excluding hydrogens is 422 g/mol. The van der Waals surface area contributed by atoms with Crippen LogP contribution in [0.2, 0.25) is 0 Å². The molecule has 0 unspecified atom stereocenters. The number of hydrogen-bond acceptors (Lipinski definition) is 4. The molecule has 0 bridgehead atoms. The number of anilines is 1. The number of benzene rings is 2. The van der Waals surface area contributed by atoms with Crippen LogP contribution in [0, 0.1) is 0 Å². The maximum atomic E-state index is 13.4. The molecule has 1 fully saturated rings. The number of sulfonamides is 1. The summed E-state index contributed by atoms with van der Waals surface area (Å²) in [5.74, 6) is 0.457. The van der Waals surface area contributed by atoms with Gasteiger partial charge in [0.1, 0.15) is 5.82 Å². The lowest BCUT2D eigenvalue weighted by Gasteiger charge is -2.37. The molecule has 4 rings (SSSR count). The third-order valence-corrected chi connectivity index (χ3v) is 7.81. The summed E-state index contributed by atoms with van der Waals surface area (Å²) >= 11 is 0. The lowest BCUT2D eigenvalue weighted by Crippen LogP contribution is -2.49. The van der Waals surface area contributed by atoms with Crippen molar-refractivity contribution in [3.63, 3.8) is 0 Å². The number of carbonyl (C=O) groups is 1. The Morgan fingerprint density at radius 1 is 0.969 bits per heavy atom. The molecule has 1 aromatic heterocycles. The van der Waals surface area contributed by atoms with Crippen LogP contribution in [0.15, 0.2) is 83.9 Å². The van der Waals surface area contributed by atoms with E-state index in [0.717, 1.165) is 12.0 Å². The van der Waals surface area contributed by atoms with E-state index in [1.54, 1.807) is 35.4 Å². The number of piperidine rings is 1. The first-order chi connectivity index (χ1) is 15.5. The van der Waals surface area contributed by atoms with E-state index >= 15 is 0 Å². The third kappa shape index (κ3) is 4.59. The Bertz CT molecular complexity index is 1140. The maximum absolute atomic E-state index is 13.4. The van der Waals surface area contributed by atoms with Crippen LogP contribution in [0.5, 0.6) is 0 Å². The van der Waals surface area contributed by atoms with Crippen LogP contribution in [0.25, 0.3) is 0 Å². The SMILES string of the molecule is CCc1ccc(S(=O)(=O)N2CCC(N(C(=O)c3ccccc3)c3ccccn3)CC2)cc1. The summed E-state index contributed by atoms with van der Waals surface area (Å²) in [6.45, 7) is 2.75. The predicted molar refractivity (Wildman–Crippen MR) is 125 cm³/mol. The zero-order valence-corrected chi connectivity index (χ0v) is 18.9. The zero-order valence-electron chi connectivity index (χ0n) is 18.1. The molecular formula is C25H27N3O3S. The molecule has 1 amide bonds. The van der Waals surface area contributed by atoms with Gasteiger partial charge in [0, 0.05) is 30.9 Å². The van der Waals surface area contributed by atoms with Gasteiger partial charge >= 0.3 is 0 Å². The standard InChI is InChI=1S/C25H27N3O3S/c1-2-20-11-13-23(14-12-20)32(30,31)27-18-15-22(16-19-27)28(24-10-6-7-17-26-24)25(29)21-8-4-3-5-9-21/h3-14,17,22H,2,15-16,18-19H2,1H3. The van der Waals surface area contributed by atoms with Crippen molar-refractivity contribution in [2.75, 3.05) is 18.0 Å². The van der Waals surface area contributed by atoms with Crippen LogP contribution in [0.4, 0.5) is 5.82 Å². The van der Waals surface area contributed by atoms with E-state index in [-0.39, 0.29) is 11.9 Å². The predicted octanol–water partition coefficient (Wildman–Crippen LogP) is 4.14. The monoisotopic (exact) mass is 449 g/mol. The Kier molecular flexibility index (Phi) is 6.67.